The van der Waals surface area contributed by atoms with Gasteiger partial charge in [-0.25, -0.2) is 0 Å². The summed E-state index contributed by atoms with van der Waals surface area (Å²) in [5.74, 6) is -0.317. The van der Waals surface area contributed by atoms with Crippen molar-refractivity contribution >= 4 is 16.9 Å². The SMILES string of the molecule is CC(C)CC(N)C(=O)O.Oc1cccc2cccnc12.[Co]. The zero-order valence-electron chi connectivity index (χ0n) is 12.0. The number of aromatic hydroxyl groups is 1. The summed E-state index contributed by atoms with van der Waals surface area (Å²) < 4.78 is 0. The largest absolute Gasteiger partial charge is 0.506 e. The standard InChI is InChI=1S/C9H7NO.C6H13NO2.Co/c11-8-5-1-3-7-4-2-6-10-9(7)8;1-4(2)3-5(7)6(8)9;/h1-6,11H;4-5H,3,7H2,1-2H3,(H,8,9);. The van der Waals surface area contributed by atoms with Crippen molar-refractivity contribution in [3.63, 3.8) is 0 Å². The monoisotopic (exact) mass is 335 g/mol. The average Bonchev–Trinajstić information content (AvgIpc) is 2.39. The molecular formula is C15H20CoN2O3. The van der Waals surface area contributed by atoms with Gasteiger partial charge in [0.1, 0.15) is 17.3 Å². The Morgan fingerprint density at radius 1 is 1.29 bits per heavy atom. The normalized spacial score (nSPS) is 11.2. The molecule has 1 aromatic carbocycles. The second-order valence-electron chi connectivity index (χ2n) is 4.93. The van der Waals surface area contributed by atoms with Crippen LogP contribution in [0.15, 0.2) is 36.5 Å². The maximum absolute atomic E-state index is 10.1. The third kappa shape index (κ3) is 6.57. The maximum atomic E-state index is 10.1. The van der Waals surface area contributed by atoms with Crippen molar-refractivity contribution in [3.05, 3.63) is 36.5 Å². The molecule has 21 heavy (non-hydrogen) atoms. The van der Waals surface area contributed by atoms with E-state index in [-0.39, 0.29) is 22.5 Å². The molecule has 2 rings (SSSR count). The number of nitrogens with zero attached hydrogens (tertiary/aromatic N) is 1. The third-order valence-corrected chi connectivity index (χ3v) is 2.65. The van der Waals surface area contributed by atoms with E-state index in [0.717, 1.165) is 5.39 Å². The second-order valence-corrected chi connectivity index (χ2v) is 4.93. The summed E-state index contributed by atoms with van der Waals surface area (Å²) in [5.41, 5.74) is 5.88. The Morgan fingerprint density at radius 2 is 1.90 bits per heavy atom. The topological polar surface area (TPSA) is 96.4 Å². The fourth-order valence-electron chi connectivity index (χ4n) is 1.70. The van der Waals surface area contributed by atoms with Crippen molar-refractivity contribution in [2.24, 2.45) is 11.7 Å². The van der Waals surface area contributed by atoms with E-state index in [4.69, 9.17) is 10.8 Å². The minimum atomic E-state index is -0.913. The van der Waals surface area contributed by atoms with E-state index in [1.165, 1.54) is 0 Å². The van der Waals surface area contributed by atoms with Crippen molar-refractivity contribution in [2.45, 2.75) is 26.3 Å². The number of carboxylic acids is 1. The van der Waals surface area contributed by atoms with Crippen LogP contribution in [0.3, 0.4) is 0 Å². The first-order chi connectivity index (χ1) is 9.41. The molecular weight excluding hydrogens is 315 g/mol. The number of benzene rings is 1. The number of hydrogen-bond donors (Lipinski definition) is 3. The molecule has 1 heterocycles. The molecule has 0 aliphatic carbocycles. The molecule has 5 nitrogen and oxygen atoms in total. The van der Waals surface area contributed by atoms with Crippen molar-refractivity contribution in [1.29, 1.82) is 0 Å². The third-order valence-electron chi connectivity index (χ3n) is 2.65. The Labute approximate surface area is 134 Å². The van der Waals surface area contributed by atoms with E-state index >= 15 is 0 Å². The number of nitrogens with two attached hydrogens (primary N) is 1. The van der Waals surface area contributed by atoms with Gasteiger partial charge in [0.2, 0.25) is 0 Å². The van der Waals surface area contributed by atoms with Crippen LogP contribution in [0.25, 0.3) is 10.9 Å². The first-order valence-corrected chi connectivity index (χ1v) is 6.43. The summed E-state index contributed by atoms with van der Waals surface area (Å²) >= 11 is 0. The van der Waals surface area contributed by atoms with Gasteiger partial charge < -0.3 is 15.9 Å². The number of phenols is 1. The number of fused-ring (bicyclic) bond motifs is 1. The maximum Gasteiger partial charge on any atom is 0.320 e. The molecule has 1 aromatic heterocycles. The molecule has 2 aromatic rings. The predicted molar refractivity (Wildman–Crippen MR) is 78.5 cm³/mol. The molecule has 1 radical (unpaired) electrons. The second kappa shape index (κ2) is 9.33. The van der Waals surface area contributed by atoms with E-state index in [2.05, 4.69) is 4.98 Å². The van der Waals surface area contributed by atoms with Crippen LogP contribution in [0.5, 0.6) is 5.75 Å². The van der Waals surface area contributed by atoms with Gasteiger partial charge >= 0.3 is 5.97 Å². The Hall–Kier alpha value is -1.63. The molecule has 0 aliphatic rings. The van der Waals surface area contributed by atoms with Gasteiger partial charge in [-0.1, -0.05) is 32.0 Å². The first-order valence-electron chi connectivity index (χ1n) is 6.43. The Morgan fingerprint density at radius 3 is 2.38 bits per heavy atom. The number of aliphatic carboxylic acids is 1. The molecule has 1 unspecified atom stereocenters. The summed E-state index contributed by atoms with van der Waals surface area (Å²) in [5, 5.41) is 18.6. The van der Waals surface area contributed by atoms with E-state index in [1.54, 1.807) is 18.3 Å². The average molecular weight is 335 g/mol. The smallest absolute Gasteiger partial charge is 0.320 e. The van der Waals surface area contributed by atoms with Crippen molar-refractivity contribution in [1.82, 2.24) is 4.98 Å². The molecule has 0 bridgehead atoms. The molecule has 0 saturated carbocycles. The number of hydrogen-bond acceptors (Lipinski definition) is 4. The van der Waals surface area contributed by atoms with Gasteiger partial charge in [0.05, 0.1) is 0 Å². The van der Waals surface area contributed by atoms with Gasteiger partial charge in [0.25, 0.3) is 0 Å². The molecule has 1 atom stereocenters. The number of rotatable bonds is 3. The Bertz CT molecular complexity index is 570. The Kier molecular flexibility index (Phi) is 8.60. The van der Waals surface area contributed by atoms with E-state index in [1.807, 2.05) is 32.0 Å². The summed E-state index contributed by atoms with van der Waals surface area (Å²) in [4.78, 5) is 14.1. The van der Waals surface area contributed by atoms with Crippen LogP contribution in [0.4, 0.5) is 0 Å². The summed E-state index contributed by atoms with van der Waals surface area (Å²) in [7, 11) is 0. The van der Waals surface area contributed by atoms with Gasteiger partial charge in [0, 0.05) is 28.4 Å². The molecule has 4 N–H and O–H groups in total. The predicted octanol–water partition coefficient (Wildman–Crippen LogP) is 2.38. The summed E-state index contributed by atoms with van der Waals surface area (Å²) in [6.45, 7) is 3.89. The molecule has 0 fully saturated rings. The van der Waals surface area contributed by atoms with Crippen LogP contribution in [0.1, 0.15) is 20.3 Å². The zero-order chi connectivity index (χ0) is 15.1. The van der Waals surface area contributed by atoms with Crippen LogP contribution in [0.2, 0.25) is 0 Å². The summed E-state index contributed by atoms with van der Waals surface area (Å²) in [6, 6.07) is 8.44. The van der Waals surface area contributed by atoms with Crippen LogP contribution in [-0.2, 0) is 21.6 Å². The van der Waals surface area contributed by atoms with Gasteiger partial charge in [-0.2, -0.15) is 0 Å². The van der Waals surface area contributed by atoms with Crippen LogP contribution in [-0.4, -0.2) is 27.2 Å². The molecule has 117 valence electrons. The number of carbonyl (C=O) groups is 1. The van der Waals surface area contributed by atoms with E-state index in [0.29, 0.717) is 17.9 Å². The van der Waals surface area contributed by atoms with Gasteiger partial charge in [0.15, 0.2) is 0 Å². The number of phenolic OH excluding ortho intramolecular Hbond substituents is 1. The number of pyridine rings is 1. The fraction of sp³-hybridized carbons (Fsp3) is 0.333. The van der Waals surface area contributed by atoms with Gasteiger partial charge in [-0.15, -0.1) is 0 Å². The van der Waals surface area contributed by atoms with Gasteiger partial charge in [-0.05, 0) is 24.5 Å². The zero-order valence-corrected chi connectivity index (χ0v) is 13.0. The van der Waals surface area contributed by atoms with Gasteiger partial charge in [-0.3, -0.25) is 9.78 Å². The number of carboxylic acid groups (broad SMARTS) is 1. The first kappa shape index (κ1) is 19.4. The van der Waals surface area contributed by atoms with Crippen molar-refractivity contribution in [2.75, 3.05) is 0 Å². The number of aromatic nitrogens is 1. The molecule has 6 heteroatoms. The van der Waals surface area contributed by atoms with E-state index in [9.17, 15) is 9.90 Å². The fourth-order valence-corrected chi connectivity index (χ4v) is 1.70. The quantitative estimate of drug-likeness (QED) is 0.800. The van der Waals surface area contributed by atoms with E-state index < -0.39 is 12.0 Å². The number of para-hydroxylation sites is 1. The molecule has 0 spiro atoms. The molecule has 0 saturated heterocycles. The van der Waals surface area contributed by atoms with Crippen LogP contribution < -0.4 is 5.73 Å². The van der Waals surface area contributed by atoms with Crippen molar-refractivity contribution in [3.8, 4) is 5.75 Å². The van der Waals surface area contributed by atoms with Crippen molar-refractivity contribution < 1.29 is 31.8 Å². The molecule has 0 aliphatic heterocycles. The summed E-state index contributed by atoms with van der Waals surface area (Å²) in [6.07, 6.45) is 2.22. The molecule has 0 amide bonds. The minimum Gasteiger partial charge on any atom is -0.506 e. The van der Waals surface area contributed by atoms with Crippen LogP contribution in [0, 0.1) is 5.92 Å². The Balaban J connectivity index is 0.000000373. The minimum absolute atomic E-state index is 0. The van der Waals surface area contributed by atoms with Crippen LogP contribution >= 0.6 is 0 Å².